The van der Waals surface area contributed by atoms with Crippen LogP contribution in [-0.4, -0.2) is 65.0 Å². The number of sulfonamides is 1. The Bertz CT molecular complexity index is 866. The minimum absolute atomic E-state index is 0.110. The highest BCUT2D eigenvalue weighted by Gasteiger charge is 2.31. The molecule has 3 rings (SSSR count). The van der Waals surface area contributed by atoms with Crippen molar-refractivity contribution in [1.82, 2.24) is 23.8 Å². The predicted octanol–water partition coefficient (Wildman–Crippen LogP) is 0.770. The standard InChI is InChI=1S/C16H25N7O2S/c1-5-17-16-18-12(2)10-14(20-16)22-6-8-23(9-7-22)26(24,25)15-11-21(4)13(3)19-15/h10-11H,5-9H2,1-4H3,(H,17,18,20). The third kappa shape index (κ3) is 3.65. The monoisotopic (exact) mass is 379 g/mol. The lowest BCUT2D eigenvalue weighted by atomic mass is 10.3. The lowest BCUT2D eigenvalue weighted by Gasteiger charge is -2.34. The van der Waals surface area contributed by atoms with Crippen molar-refractivity contribution in [3.8, 4) is 0 Å². The lowest BCUT2D eigenvalue weighted by Crippen LogP contribution is -2.49. The smallest absolute Gasteiger partial charge is 0.262 e. The molecular weight excluding hydrogens is 354 g/mol. The highest BCUT2D eigenvalue weighted by atomic mass is 32.2. The summed E-state index contributed by atoms with van der Waals surface area (Å²) in [5, 5.41) is 3.23. The second-order valence-corrected chi connectivity index (χ2v) is 8.23. The number of piperazine rings is 1. The van der Waals surface area contributed by atoms with Crippen molar-refractivity contribution < 1.29 is 8.42 Å². The van der Waals surface area contributed by atoms with E-state index in [1.165, 1.54) is 4.31 Å². The Morgan fingerprint density at radius 3 is 2.38 bits per heavy atom. The van der Waals surface area contributed by atoms with Gasteiger partial charge in [0.05, 0.1) is 0 Å². The Labute approximate surface area is 154 Å². The second kappa shape index (κ2) is 7.20. The highest BCUT2D eigenvalue weighted by Crippen LogP contribution is 2.21. The molecule has 0 unspecified atom stereocenters. The van der Waals surface area contributed by atoms with Gasteiger partial charge in [-0.3, -0.25) is 0 Å². The van der Waals surface area contributed by atoms with Crippen LogP contribution in [0.25, 0.3) is 0 Å². The van der Waals surface area contributed by atoms with Crippen LogP contribution in [0.15, 0.2) is 17.3 Å². The van der Waals surface area contributed by atoms with Crippen LogP contribution in [-0.2, 0) is 17.1 Å². The summed E-state index contributed by atoms with van der Waals surface area (Å²) in [5.74, 6) is 2.09. The molecule has 0 aliphatic carbocycles. The first kappa shape index (κ1) is 18.6. The molecule has 10 heteroatoms. The molecule has 1 aliphatic rings. The van der Waals surface area contributed by atoms with Crippen molar-refractivity contribution in [3.05, 3.63) is 23.8 Å². The van der Waals surface area contributed by atoms with Gasteiger partial charge in [0, 0.05) is 57.7 Å². The zero-order valence-electron chi connectivity index (χ0n) is 15.6. The molecule has 0 amide bonds. The van der Waals surface area contributed by atoms with Crippen LogP contribution in [0.2, 0.25) is 0 Å². The number of aryl methyl sites for hydroxylation is 3. The zero-order valence-corrected chi connectivity index (χ0v) is 16.4. The number of imidazole rings is 1. The van der Waals surface area contributed by atoms with Crippen LogP contribution >= 0.6 is 0 Å². The highest BCUT2D eigenvalue weighted by molar-refractivity contribution is 7.89. The van der Waals surface area contributed by atoms with E-state index in [-0.39, 0.29) is 5.03 Å². The van der Waals surface area contributed by atoms with Crippen LogP contribution in [0, 0.1) is 13.8 Å². The van der Waals surface area contributed by atoms with Crippen molar-refractivity contribution in [2.24, 2.45) is 7.05 Å². The average molecular weight is 379 g/mol. The molecule has 26 heavy (non-hydrogen) atoms. The topological polar surface area (TPSA) is 96.2 Å². The average Bonchev–Trinajstić information content (AvgIpc) is 2.95. The second-order valence-electron chi connectivity index (χ2n) is 6.35. The van der Waals surface area contributed by atoms with E-state index >= 15 is 0 Å². The van der Waals surface area contributed by atoms with Gasteiger partial charge in [0.2, 0.25) is 5.95 Å². The van der Waals surface area contributed by atoms with E-state index in [1.54, 1.807) is 24.7 Å². The molecule has 1 saturated heterocycles. The van der Waals surface area contributed by atoms with Crippen molar-refractivity contribution in [1.29, 1.82) is 0 Å². The molecule has 0 spiro atoms. The first-order valence-corrected chi connectivity index (χ1v) is 10.1. The molecule has 1 fully saturated rings. The molecule has 1 N–H and O–H groups in total. The summed E-state index contributed by atoms with van der Waals surface area (Å²) in [6.45, 7) is 8.41. The fourth-order valence-electron chi connectivity index (χ4n) is 2.89. The van der Waals surface area contributed by atoms with Gasteiger partial charge in [-0.2, -0.15) is 9.29 Å². The van der Waals surface area contributed by atoms with Gasteiger partial charge in [-0.15, -0.1) is 0 Å². The maximum atomic E-state index is 12.8. The largest absolute Gasteiger partial charge is 0.354 e. The number of nitrogens with zero attached hydrogens (tertiary/aromatic N) is 6. The van der Waals surface area contributed by atoms with E-state index in [9.17, 15) is 8.42 Å². The molecular formula is C16H25N7O2S. The molecule has 3 heterocycles. The third-order valence-electron chi connectivity index (χ3n) is 4.43. The number of rotatable bonds is 5. The molecule has 0 saturated carbocycles. The summed E-state index contributed by atoms with van der Waals surface area (Å²) in [4.78, 5) is 15.1. The van der Waals surface area contributed by atoms with Gasteiger partial charge >= 0.3 is 0 Å². The summed E-state index contributed by atoms with van der Waals surface area (Å²) >= 11 is 0. The van der Waals surface area contributed by atoms with E-state index in [1.807, 2.05) is 19.9 Å². The molecule has 9 nitrogen and oxygen atoms in total. The summed E-state index contributed by atoms with van der Waals surface area (Å²) in [6, 6.07) is 1.92. The van der Waals surface area contributed by atoms with Crippen molar-refractivity contribution in [2.45, 2.75) is 25.8 Å². The zero-order chi connectivity index (χ0) is 18.9. The SMILES string of the molecule is CCNc1nc(C)cc(N2CCN(S(=O)(=O)c3cn(C)c(C)n3)CC2)n1. The number of nitrogens with one attached hydrogen (secondary N) is 1. The van der Waals surface area contributed by atoms with E-state index in [4.69, 9.17) is 0 Å². The third-order valence-corrected chi connectivity index (χ3v) is 6.20. The van der Waals surface area contributed by atoms with E-state index in [2.05, 4.69) is 25.2 Å². The first-order chi connectivity index (χ1) is 12.3. The van der Waals surface area contributed by atoms with Crippen LogP contribution in [0.3, 0.4) is 0 Å². The van der Waals surface area contributed by atoms with Gasteiger partial charge in [0.1, 0.15) is 11.6 Å². The fourth-order valence-corrected chi connectivity index (χ4v) is 4.34. The van der Waals surface area contributed by atoms with E-state index in [0.717, 1.165) is 18.1 Å². The number of hydrogen-bond donors (Lipinski definition) is 1. The van der Waals surface area contributed by atoms with Gasteiger partial charge < -0.3 is 14.8 Å². The molecule has 142 valence electrons. The number of hydrogen-bond acceptors (Lipinski definition) is 7. The van der Waals surface area contributed by atoms with Gasteiger partial charge in [-0.05, 0) is 20.8 Å². The number of aromatic nitrogens is 4. The Balaban J connectivity index is 1.73. The van der Waals surface area contributed by atoms with Crippen LogP contribution in [0.4, 0.5) is 11.8 Å². The van der Waals surface area contributed by atoms with Crippen molar-refractivity contribution in [2.75, 3.05) is 42.9 Å². The van der Waals surface area contributed by atoms with Gasteiger partial charge in [0.25, 0.3) is 10.0 Å². The summed E-state index contributed by atoms with van der Waals surface area (Å²) in [7, 11) is -1.77. The Kier molecular flexibility index (Phi) is 5.15. The number of anilines is 2. The normalized spacial score (nSPS) is 16.1. The summed E-state index contributed by atoms with van der Waals surface area (Å²) in [6.07, 6.45) is 1.56. The lowest BCUT2D eigenvalue weighted by molar-refractivity contribution is 0.382. The van der Waals surface area contributed by atoms with Crippen LogP contribution in [0.5, 0.6) is 0 Å². The molecule has 0 radical (unpaired) electrons. The fraction of sp³-hybridized carbons (Fsp3) is 0.562. The Morgan fingerprint density at radius 2 is 1.81 bits per heavy atom. The minimum atomic E-state index is -3.56. The summed E-state index contributed by atoms with van der Waals surface area (Å²) in [5.41, 5.74) is 0.880. The Hall–Kier alpha value is -2.20. The Morgan fingerprint density at radius 1 is 1.12 bits per heavy atom. The molecule has 2 aromatic heterocycles. The van der Waals surface area contributed by atoms with Gasteiger partial charge in [-0.1, -0.05) is 0 Å². The summed E-state index contributed by atoms with van der Waals surface area (Å²) < 4.78 is 28.8. The van der Waals surface area contributed by atoms with E-state index in [0.29, 0.717) is 38.0 Å². The van der Waals surface area contributed by atoms with Crippen LogP contribution < -0.4 is 10.2 Å². The van der Waals surface area contributed by atoms with Crippen molar-refractivity contribution >= 4 is 21.8 Å². The first-order valence-electron chi connectivity index (χ1n) is 8.66. The predicted molar refractivity (Wildman–Crippen MR) is 99.8 cm³/mol. The minimum Gasteiger partial charge on any atom is -0.354 e. The van der Waals surface area contributed by atoms with E-state index < -0.39 is 10.0 Å². The van der Waals surface area contributed by atoms with Gasteiger partial charge in [-0.25, -0.2) is 18.4 Å². The van der Waals surface area contributed by atoms with Crippen molar-refractivity contribution in [3.63, 3.8) is 0 Å². The molecule has 2 aromatic rings. The molecule has 1 aliphatic heterocycles. The molecule has 0 atom stereocenters. The maximum absolute atomic E-state index is 12.8. The van der Waals surface area contributed by atoms with Crippen LogP contribution in [0.1, 0.15) is 18.4 Å². The maximum Gasteiger partial charge on any atom is 0.262 e. The quantitative estimate of drug-likeness (QED) is 0.820. The molecule has 0 bridgehead atoms. The molecule has 0 aromatic carbocycles. The van der Waals surface area contributed by atoms with Gasteiger partial charge in [0.15, 0.2) is 5.03 Å².